The van der Waals surface area contributed by atoms with Crippen molar-refractivity contribution in [3.05, 3.63) is 188 Å². The number of para-hydroxylation sites is 4. The maximum Gasteiger partial charge on any atom is 0.116 e. The molecule has 7 aromatic heterocycles. The minimum Gasteiger partial charge on any atom is -0.309 e. The van der Waals surface area contributed by atoms with Crippen molar-refractivity contribution >= 4 is 87.7 Å². The zero-order valence-electron chi connectivity index (χ0n) is 31.0. The Hall–Kier alpha value is -8.03. The molecule has 0 N–H and O–H groups in total. The van der Waals surface area contributed by atoms with Crippen LogP contribution in [0.15, 0.2) is 188 Å². The Kier molecular flexibility index (Phi) is 6.32. The van der Waals surface area contributed by atoms with Crippen LogP contribution < -0.4 is 0 Å². The second-order valence-corrected chi connectivity index (χ2v) is 14.9. The predicted molar refractivity (Wildman–Crippen MR) is 237 cm³/mol. The number of hydrogen-bond acceptors (Lipinski definition) is 3. The summed E-state index contributed by atoms with van der Waals surface area (Å²) in [6, 6.07) is 62.7. The van der Waals surface area contributed by atoms with Gasteiger partial charge in [0.05, 0.1) is 44.1 Å². The first kappa shape index (κ1) is 31.2. The number of fused-ring (bicyclic) bond motifs is 12. The van der Waals surface area contributed by atoms with E-state index in [1.54, 1.807) is 0 Å². The van der Waals surface area contributed by atoms with Crippen LogP contribution in [-0.4, -0.2) is 33.2 Å². The van der Waals surface area contributed by atoms with E-state index in [0.717, 1.165) is 77.9 Å². The van der Waals surface area contributed by atoms with Gasteiger partial charge in [-0.3, -0.25) is 9.97 Å². The van der Waals surface area contributed by atoms with E-state index in [1.165, 1.54) is 32.6 Å². The Morgan fingerprint density at radius 2 is 0.655 bits per heavy atom. The lowest BCUT2D eigenvalue weighted by atomic mass is 10.1. The van der Waals surface area contributed by atoms with Crippen LogP contribution in [0.5, 0.6) is 0 Å². The van der Waals surface area contributed by atoms with E-state index in [0.29, 0.717) is 0 Å². The first-order valence-corrected chi connectivity index (χ1v) is 19.5. The molecule has 7 heteroatoms. The van der Waals surface area contributed by atoms with Gasteiger partial charge in [-0.1, -0.05) is 72.8 Å². The third kappa shape index (κ3) is 4.24. The molecule has 7 nitrogen and oxygen atoms in total. The molecule has 0 amide bonds. The van der Waals surface area contributed by atoms with E-state index in [9.17, 15) is 0 Å². The molecular weight excluding hydrogens is 711 g/mol. The van der Waals surface area contributed by atoms with Gasteiger partial charge < -0.3 is 18.3 Å². The van der Waals surface area contributed by atoms with Crippen molar-refractivity contribution in [1.82, 2.24) is 33.2 Å². The fourth-order valence-corrected chi connectivity index (χ4v) is 9.43. The SMILES string of the molecule is c1ccc(-n2c3ccccc3c3cc(-n4c5cccnc5c5nc6c7ncccc7n(-c7ccc8c(c7)c7ccccc7n8-c7ccccc7)c6cc54)ccc32)cc1. The van der Waals surface area contributed by atoms with Gasteiger partial charge >= 0.3 is 0 Å². The molecule has 0 bridgehead atoms. The van der Waals surface area contributed by atoms with Crippen molar-refractivity contribution in [2.24, 2.45) is 0 Å². The van der Waals surface area contributed by atoms with Crippen LogP contribution in [0.2, 0.25) is 0 Å². The van der Waals surface area contributed by atoms with Crippen molar-refractivity contribution in [1.29, 1.82) is 0 Å². The summed E-state index contributed by atoms with van der Waals surface area (Å²) < 4.78 is 9.35. The minimum absolute atomic E-state index is 0.848. The van der Waals surface area contributed by atoms with Crippen LogP contribution in [0.25, 0.3) is 110 Å². The van der Waals surface area contributed by atoms with Crippen molar-refractivity contribution in [3.8, 4) is 22.7 Å². The Balaban J connectivity index is 1.09. The molecule has 0 aliphatic carbocycles. The third-order valence-corrected chi connectivity index (χ3v) is 11.8. The van der Waals surface area contributed by atoms with Crippen molar-refractivity contribution in [2.45, 2.75) is 0 Å². The van der Waals surface area contributed by atoms with Crippen molar-refractivity contribution in [3.63, 3.8) is 0 Å². The van der Waals surface area contributed by atoms with Gasteiger partial charge in [0, 0.05) is 56.7 Å². The average molecular weight is 742 g/mol. The second-order valence-electron chi connectivity index (χ2n) is 14.9. The molecule has 7 heterocycles. The van der Waals surface area contributed by atoms with Gasteiger partial charge in [0.1, 0.15) is 22.1 Å². The molecule has 13 aromatic rings. The molecule has 0 saturated carbocycles. The molecule has 0 fully saturated rings. The summed E-state index contributed by atoms with van der Waals surface area (Å²) >= 11 is 0. The molecule has 0 atom stereocenters. The smallest absolute Gasteiger partial charge is 0.116 e. The molecule has 0 aliphatic heterocycles. The van der Waals surface area contributed by atoms with Gasteiger partial charge in [-0.2, -0.15) is 0 Å². The lowest BCUT2D eigenvalue weighted by Crippen LogP contribution is -1.97. The highest BCUT2D eigenvalue weighted by Gasteiger charge is 2.23. The topological polar surface area (TPSA) is 58.4 Å². The molecule has 58 heavy (non-hydrogen) atoms. The summed E-state index contributed by atoms with van der Waals surface area (Å²) in [5, 5.41) is 4.79. The van der Waals surface area contributed by atoms with Crippen LogP contribution in [0, 0.1) is 0 Å². The fraction of sp³-hybridized carbons (Fsp3) is 0. The highest BCUT2D eigenvalue weighted by Crippen LogP contribution is 2.40. The summed E-state index contributed by atoms with van der Waals surface area (Å²) in [5.41, 5.74) is 16.4. The summed E-state index contributed by atoms with van der Waals surface area (Å²) in [5.74, 6) is 0. The molecule has 0 unspecified atom stereocenters. The quantitative estimate of drug-likeness (QED) is 0.180. The average Bonchev–Trinajstić information content (AvgIpc) is 4.00. The Labute approximate surface area is 330 Å². The summed E-state index contributed by atoms with van der Waals surface area (Å²) in [6.45, 7) is 0. The van der Waals surface area contributed by atoms with Crippen LogP contribution >= 0.6 is 0 Å². The van der Waals surface area contributed by atoms with Gasteiger partial charge in [0.15, 0.2) is 0 Å². The van der Waals surface area contributed by atoms with Gasteiger partial charge in [-0.25, -0.2) is 4.98 Å². The van der Waals surface area contributed by atoms with Crippen molar-refractivity contribution < 1.29 is 0 Å². The first-order valence-electron chi connectivity index (χ1n) is 19.5. The lowest BCUT2D eigenvalue weighted by Gasteiger charge is -2.11. The number of nitrogens with zero attached hydrogens (tertiary/aromatic N) is 7. The van der Waals surface area contributed by atoms with Gasteiger partial charge in [-0.05, 0) is 103 Å². The summed E-state index contributed by atoms with van der Waals surface area (Å²) in [4.78, 5) is 15.3. The first-order chi connectivity index (χ1) is 28.8. The van der Waals surface area contributed by atoms with Gasteiger partial charge in [0.2, 0.25) is 0 Å². The lowest BCUT2D eigenvalue weighted by molar-refractivity contribution is 1.15. The number of aromatic nitrogens is 7. The number of benzene rings is 6. The maximum absolute atomic E-state index is 5.46. The molecular formula is C51H31N7. The van der Waals surface area contributed by atoms with E-state index >= 15 is 0 Å². The summed E-state index contributed by atoms with van der Waals surface area (Å²) in [7, 11) is 0. The van der Waals surface area contributed by atoms with E-state index in [4.69, 9.17) is 15.0 Å². The minimum atomic E-state index is 0.848. The molecule has 0 spiro atoms. The third-order valence-electron chi connectivity index (χ3n) is 11.8. The normalized spacial score (nSPS) is 12.1. The second kappa shape index (κ2) is 11.7. The molecule has 0 radical (unpaired) electrons. The van der Waals surface area contributed by atoms with E-state index in [-0.39, 0.29) is 0 Å². The highest BCUT2D eigenvalue weighted by atomic mass is 15.1. The monoisotopic (exact) mass is 741 g/mol. The van der Waals surface area contributed by atoms with Gasteiger partial charge in [-0.15, -0.1) is 0 Å². The van der Waals surface area contributed by atoms with E-state index < -0.39 is 0 Å². The molecule has 0 saturated heterocycles. The standard InChI is InChI=1S/C51H31N7/c1-3-13-32(14-4-1)55-40-19-9-7-17-36(40)38-29-34(23-25-42(38)55)57-44-21-11-27-52-48(44)50-46(57)31-47-51(54-50)49-45(22-12-28-53-49)58(47)35-24-26-43-39(30-35)37-18-8-10-20-41(37)56(43)33-15-5-2-6-16-33/h1-31H. The highest BCUT2D eigenvalue weighted by molar-refractivity contribution is 6.15. The fourth-order valence-electron chi connectivity index (χ4n) is 9.43. The van der Waals surface area contributed by atoms with Gasteiger partial charge in [0.25, 0.3) is 0 Å². The Morgan fingerprint density at radius 1 is 0.259 bits per heavy atom. The largest absolute Gasteiger partial charge is 0.309 e. The number of pyridine rings is 3. The van der Waals surface area contributed by atoms with Crippen LogP contribution in [-0.2, 0) is 0 Å². The number of hydrogen-bond donors (Lipinski definition) is 0. The van der Waals surface area contributed by atoms with E-state index in [2.05, 4.69) is 182 Å². The number of rotatable bonds is 4. The van der Waals surface area contributed by atoms with Crippen LogP contribution in [0.3, 0.4) is 0 Å². The van der Waals surface area contributed by atoms with Crippen LogP contribution in [0.4, 0.5) is 0 Å². The predicted octanol–water partition coefficient (Wildman–Crippen LogP) is 12.3. The Bertz CT molecular complexity index is 3550. The summed E-state index contributed by atoms with van der Waals surface area (Å²) in [6.07, 6.45) is 3.72. The van der Waals surface area contributed by atoms with Crippen LogP contribution in [0.1, 0.15) is 0 Å². The zero-order chi connectivity index (χ0) is 37.9. The van der Waals surface area contributed by atoms with Crippen molar-refractivity contribution in [2.75, 3.05) is 0 Å². The molecule has 270 valence electrons. The maximum atomic E-state index is 5.46. The molecule has 6 aromatic carbocycles. The Morgan fingerprint density at radius 3 is 1.14 bits per heavy atom. The zero-order valence-corrected chi connectivity index (χ0v) is 31.0. The molecule has 0 aliphatic rings. The molecule has 13 rings (SSSR count). The van der Waals surface area contributed by atoms with E-state index in [1.807, 2.05) is 24.5 Å².